The lowest BCUT2D eigenvalue weighted by atomic mass is 9.83. The van der Waals surface area contributed by atoms with E-state index in [1.54, 1.807) is 61.7 Å². The lowest BCUT2D eigenvalue weighted by molar-refractivity contribution is -0.122. The number of rotatable bonds is 7. The number of nitrogens with zero attached hydrogens (tertiary/aromatic N) is 1. The van der Waals surface area contributed by atoms with Gasteiger partial charge in [-0.3, -0.25) is 14.4 Å². The lowest BCUT2D eigenvalue weighted by Crippen LogP contribution is -2.32. The molecule has 8 nitrogen and oxygen atoms in total. The maximum Gasteiger partial charge on any atom is 0.305 e. The Morgan fingerprint density at radius 1 is 0.902 bits per heavy atom. The van der Waals surface area contributed by atoms with Crippen molar-refractivity contribution < 1.29 is 23.8 Å². The largest absolute Gasteiger partial charge is 0.497 e. The number of imide groups is 1. The van der Waals surface area contributed by atoms with Crippen LogP contribution in [0.3, 0.4) is 0 Å². The number of methoxy groups -OCH3 is 2. The molecule has 12 heteroatoms. The second kappa shape index (κ2) is 11.1. The van der Waals surface area contributed by atoms with Crippen molar-refractivity contribution in [1.29, 1.82) is 0 Å². The first kappa shape index (κ1) is 27.7. The zero-order valence-corrected chi connectivity index (χ0v) is 24.8. The molecule has 2 aliphatic rings. The average Bonchev–Trinajstić information content (AvgIpc) is 3.46. The summed E-state index contributed by atoms with van der Waals surface area (Å²) in [6.07, 6.45) is 0. The first-order valence-electron chi connectivity index (χ1n) is 12.4. The molecule has 4 aromatic rings. The molecule has 0 spiro atoms. The van der Waals surface area contributed by atoms with Gasteiger partial charge in [-0.05, 0) is 54.1 Å². The SMILES string of the molecule is COc1ccc(N2C(=O)C3Sc4[nH]c(=O)sc4C(c4ccc(OCc5ccc(Cl)cc5Cl)c(OC)c4)C3C2=O)cc1. The number of H-pyrrole nitrogens is 1. The molecule has 1 fully saturated rings. The van der Waals surface area contributed by atoms with E-state index in [-0.39, 0.29) is 23.3 Å². The Labute approximate surface area is 253 Å². The fourth-order valence-electron chi connectivity index (χ4n) is 5.15. The molecule has 1 N–H and O–H groups in total. The Morgan fingerprint density at radius 2 is 1.68 bits per heavy atom. The van der Waals surface area contributed by atoms with Crippen LogP contribution in [0.2, 0.25) is 10.0 Å². The molecule has 0 saturated carbocycles. The van der Waals surface area contributed by atoms with Crippen molar-refractivity contribution in [3.8, 4) is 17.2 Å². The van der Waals surface area contributed by atoms with Crippen LogP contribution >= 0.6 is 46.3 Å². The highest BCUT2D eigenvalue weighted by molar-refractivity contribution is 8.00. The molecule has 41 heavy (non-hydrogen) atoms. The molecule has 210 valence electrons. The number of aromatic nitrogens is 1. The van der Waals surface area contributed by atoms with Gasteiger partial charge in [0, 0.05) is 26.4 Å². The van der Waals surface area contributed by atoms with Gasteiger partial charge < -0.3 is 19.2 Å². The standard InChI is InChI=1S/C29H22Cl2N2O6S2/c1-37-18-8-6-17(7-9-18)33-27(34)23-22(24-26(32-29(36)41-24)40-25(23)28(33)35)14-4-10-20(21(11-14)38-2)39-13-15-3-5-16(30)12-19(15)31/h3-12,22-23,25H,13H2,1-2H3,(H,32,36). The van der Waals surface area contributed by atoms with Crippen LogP contribution in [0.1, 0.15) is 21.9 Å². The van der Waals surface area contributed by atoms with Crippen molar-refractivity contribution in [3.63, 3.8) is 0 Å². The van der Waals surface area contributed by atoms with E-state index in [1.165, 1.54) is 23.8 Å². The number of hydrogen-bond donors (Lipinski definition) is 1. The van der Waals surface area contributed by atoms with E-state index in [2.05, 4.69) is 4.98 Å². The number of thiazole rings is 1. The van der Waals surface area contributed by atoms with Gasteiger partial charge in [-0.1, -0.05) is 58.4 Å². The van der Waals surface area contributed by atoms with Crippen LogP contribution in [-0.4, -0.2) is 36.3 Å². The summed E-state index contributed by atoms with van der Waals surface area (Å²) in [5.74, 6) is -0.400. The topological polar surface area (TPSA) is 97.9 Å². The predicted molar refractivity (Wildman–Crippen MR) is 159 cm³/mol. The van der Waals surface area contributed by atoms with Crippen molar-refractivity contribution in [2.75, 3.05) is 19.1 Å². The van der Waals surface area contributed by atoms with E-state index in [0.717, 1.165) is 22.5 Å². The Balaban J connectivity index is 1.36. The van der Waals surface area contributed by atoms with Crippen LogP contribution < -0.4 is 24.0 Å². The van der Waals surface area contributed by atoms with Crippen molar-refractivity contribution in [1.82, 2.24) is 4.98 Å². The molecule has 1 saturated heterocycles. The Hall–Kier alpha value is -3.44. The number of aromatic amines is 1. The van der Waals surface area contributed by atoms with Gasteiger partial charge in [0.25, 0.3) is 0 Å². The molecule has 3 unspecified atom stereocenters. The first-order valence-corrected chi connectivity index (χ1v) is 14.9. The summed E-state index contributed by atoms with van der Waals surface area (Å²) in [6, 6.07) is 17.3. The van der Waals surface area contributed by atoms with Crippen LogP contribution in [0.4, 0.5) is 5.69 Å². The molecule has 6 rings (SSSR count). The number of halogens is 2. The summed E-state index contributed by atoms with van der Waals surface area (Å²) in [4.78, 5) is 44.5. The van der Waals surface area contributed by atoms with Gasteiger partial charge >= 0.3 is 4.87 Å². The minimum Gasteiger partial charge on any atom is -0.497 e. The summed E-state index contributed by atoms with van der Waals surface area (Å²) in [5.41, 5.74) is 1.95. The maximum absolute atomic E-state index is 13.9. The normalized spacial score (nSPS) is 19.6. The van der Waals surface area contributed by atoms with Gasteiger partial charge in [-0.15, -0.1) is 0 Å². The summed E-state index contributed by atoms with van der Waals surface area (Å²) in [6.45, 7) is 0.184. The third-order valence-corrected chi connectivity index (χ3v) is 10.1. The average molecular weight is 630 g/mol. The third kappa shape index (κ3) is 4.99. The van der Waals surface area contributed by atoms with Crippen LogP contribution in [0.15, 0.2) is 70.5 Å². The molecule has 0 radical (unpaired) electrons. The lowest BCUT2D eigenvalue weighted by Gasteiger charge is -2.30. The minimum atomic E-state index is -0.724. The van der Waals surface area contributed by atoms with Crippen molar-refractivity contribution in [3.05, 3.63) is 96.4 Å². The van der Waals surface area contributed by atoms with Crippen LogP contribution in [0.5, 0.6) is 17.2 Å². The summed E-state index contributed by atoms with van der Waals surface area (Å²) >= 11 is 14.6. The molecule has 3 heterocycles. The van der Waals surface area contributed by atoms with E-state index in [4.69, 9.17) is 37.4 Å². The number of amides is 2. The van der Waals surface area contributed by atoms with Gasteiger partial charge in [0.15, 0.2) is 11.5 Å². The number of carbonyl (C=O) groups excluding carboxylic acids is 2. The quantitative estimate of drug-likeness (QED) is 0.246. The van der Waals surface area contributed by atoms with E-state index in [9.17, 15) is 14.4 Å². The zero-order valence-electron chi connectivity index (χ0n) is 21.7. The zero-order chi connectivity index (χ0) is 28.8. The molecule has 0 bridgehead atoms. The maximum atomic E-state index is 13.9. The van der Waals surface area contributed by atoms with Gasteiger partial charge in [-0.2, -0.15) is 0 Å². The molecule has 0 aliphatic carbocycles. The summed E-state index contributed by atoms with van der Waals surface area (Å²) in [5, 5.41) is 0.906. The van der Waals surface area contributed by atoms with Gasteiger partial charge in [0.1, 0.15) is 17.6 Å². The first-order chi connectivity index (χ1) is 19.8. The minimum absolute atomic E-state index is 0.184. The van der Waals surface area contributed by atoms with E-state index >= 15 is 0 Å². The molecular weight excluding hydrogens is 607 g/mol. The number of ether oxygens (including phenoxy) is 3. The number of carbonyl (C=O) groups is 2. The van der Waals surface area contributed by atoms with E-state index in [1.807, 2.05) is 6.07 Å². The fourth-order valence-corrected chi connectivity index (χ4v) is 8.13. The highest BCUT2D eigenvalue weighted by Gasteiger charge is 2.56. The van der Waals surface area contributed by atoms with Crippen molar-refractivity contribution >= 4 is 63.8 Å². The number of benzene rings is 3. The third-order valence-electron chi connectivity index (χ3n) is 7.10. The monoisotopic (exact) mass is 628 g/mol. The molecule has 2 amide bonds. The molecule has 2 aliphatic heterocycles. The van der Waals surface area contributed by atoms with Crippen molar-refractivity contribution in [2.45, 2.75) is 22.8 Å². The predicted octanol–water partition coefficient (Wildman–Crippen LogP) is 6.14. The highest BCUT2D eigenvalue weighted by Crippen LogP contribution is 2.54. The highest BCUT2D eigenvalue weighted by atomic mass is 35.5. The second-order valence-electron chi connectivity index (χ2n) is 9.39. The van der Waals surface area contributed by atoms with Gasteiger partial charge in [-0.25, -0.2) is 4.90 Å². The van der Waals surface area contributed by atoms with Crippen molar-refractivity contribution in [2.24, 2.45) is 5.92 Å². The van der Waals surface area contributed by atoms with Crippen LogP contribution in [-0.2, 0) is 16.2 Å². The van der Waals surface area contributed by atoms with Gasteiger partial charge in [0.05, 0.1) is 30.9 Å². The van der Waals surface area contributed by atoms with Crippen LogP contribution in [0, 0.1) is 5.92 Å². The van der Waals surface area contributed by atoms with E-state index < -0.39 is 17.1 Å². The summed E-state index contributed by atoms with van der Waals surface area (Å²) < 4.78 is 16.9. The summed E-state index contributed by atoms with van der Waals surface area (Å²) in [7, 11) is 3.07. The Bertz CT molecular complexity index is 1720. The number of nitrogens with one attached hydrogen (secondary N) is 1. The molecule has 3 atom stereocenters. The van der Waals surface area contributed by atoms with E-state index in [0.29, 0.717) is 42.9 Å². The second-order valence-corrected chi connectivity index (χ2v) is 12.4. The number of fused-ring (bicyclic) bond motifs is 2. The number of thioether (sulfide) groups is 1. The molecular formula is C29H22Cl2N2O6S2. The Morgan fingerprint density at radius 3 is 2.39 bits per heavy atom. The molecule has 3 aromatic carbocycles. The fraction of sp³-hybridized carbons (Fsp3) is 0.207. The smallest absolute Gasteiger partial charge is 0.305 e. The Kier molecular flexibility index (Phi) is 7.50. The number of anilines is 1. The van der Waals surface area contributed by atoms with Crippen LogP contribution in [0.25, 0.3) is 0 Å². The molecule has 1 aromatic heterocycles. The van der Waals surface area contributed by atoms with Gasteiger partial charge in [0.2, 0.25) is 11.8 Å². The number of hydrogen-bond acceptors (Lipinski definition) is 8.